The molecular formula is C23H35NO3. The maximum Gasteiger partial charge on any atom is 0.302 e. The number of allylic oxidation sites excluding steroid dienone is 2. The van der Waals surface area contributed by atoms with E-state index in [9.17, 15) is 10.0 Å². The van der Waals surface area contributed by atoms with Crippen LogP contribution in [0.2, 0.25) is 0 Å². The predicted molar refractivity (Wildman–Crippen MR) is 106 cm³/mol. The Bertz CT molecular complexity index is 683. The molecule has 1 N–H and O–H groups in total. The van der Waals surface area contributed by atoms with Gasteiger partial charge in [0.2, 0.25) is 0 Å². The predicted octanol–water partition coefficient (Wildman–Crippen LogP) is 5.35. The van der Waals surface area contributed by atoms with Gasteiger partial charge in [0.1, 0.15) is 6.10 Å². The Kier molecular flexibility index (Phi) is 4.67. The first-order chi connectivity index (χ1) is 12.8. The van der Waals surface area contributed by atoms with Crippen LogP contribution in [0, 0.1) is 34.5 Å². The lowest BCUT2D eigenvalue weighted by molar-refractivity contribution is -0.158. The van der Waals surface area contributed by atoms with Gasteiger partial charge in [-0.25, -0.2) is 0 Å². The molecule has 0 bridgehead atoms. The smallest absolute Gasteiger partial charge is 0.302 e. The fraction of sp³-hybridized carbons (Fsp3) is 0.826. The van der Waals surface area contributed by atoms with Gasteiger partial charge >= 0.3 is 5.97 Å². The van der Waals surface area contributed by atoms with E-state index < -0.39 is 0 Å². The van der Waals surface area contributed by atoms with Gasteiger partial charge < -0.3 is 9.94 Å². The summed E-state index contributed by atoms with van der Waals surface area (Å²) in [6, 6.07) is 0. The molecule has 0 saturated heterocycles. The molecule has 0 unspecified atom stereocenters. The maximum atomic E-state index is 11.4. The summed E-state index contributed by atoms with van der Waals surface area (Å²) in [6.45, 7) is 8.42. The minimum atomic E-state index is -0.129. The van der Waals surface area contributed by atoms with Crippen molar-refractivity contribution in [2.45, 2.75) is 85.2 Å². The third-order valence-electron chi connectivity index (χ3n) is 9.07. The molecule has 4 aliphatic rings. The van der Waals surface area contributed by atoms with Crippen LogP contribution in [0.5, 0.6) is 0 Å². The van der Waals surface area contributed by atoms with Gasteiger partial charge in [0, 0.05) is 6.92 Å². The summed E-state index contributed by atoms with van der Waals surface area (Å²) < 4.78 is 5.58. The Morgan fingerprint density at radius 1 is 1.15 bits per heavy atom. The molecule has 4 rings (SSSR count). The Hall–Kier alpha value is -1.32. The molecular weight excluding hydrogens is 338 g/mol. The van der Waals surface area contributed by atoms with Crippen molar-refractivity contribution in [2.75, 3.05) is 0 Å². The first kappa shape index (κ1) is 19.0. The molecule has 27 heavy (non-hydrogen) atoms. The lowest BCUT2D eigenvalue weighted by atomic mass is 9.44. The fourth-order valence-corrected chi connectivity index (χ4v) is 7.74. The van der Waals surface area contributed by atoms with Crippen LogP contribution in [0.4, 0.5) is 0 Å². The molecule has 150 valence electrons. The molecule has 4 heteroatoms. The number of carbonyl (C=O) groups is 1. The van der Waals surface area contributed by atoms with Crippen LogP contribution < -0.4 is 0 Å². The molecule has 4 nitrogen and oxygen atoms in total. The molecule has 0 aromatic carbocycles. The Balaban J connectivity index is 1.54. The monoisotopic (exact) mass is 373 g/mol. The summed E-state index contributed by atoms with van der Waals surface area (Å²) in [7, 11) is 0. The van der Waals surface area contributed by atoms with E-state index >= 15 is 0 Å². The summed E-state index contributed by atoms with van der Waals surface area (Å²) in [6.07, 6.45) is 11.9. The van der Waals surface area contributed by atoms with E-state index in [1.165, 1.54) is 44.6 Å². The van der Waals surface area contributed by atoms with Crippen molar-refractivity contribution in [2.24, 2.45) is 39.7 Å². The van der Waals surface area contributed by atoms with Crippen LogP contribution in [-0.2, 0) is 9.53 Å². The number of hydrogen-bond acceptors (Lipinski definition) is 4. The molecule has 3 saturated carbocycles. The van der Waals surface area contributed by atoms with E-state index in [2.05, 4.69) is 25.1 Å². The number of esters is 1. The summed E-state index contributed by atoms with van der Waals surface area (Å²) in [5.74, 6) is 2.81. The van der Waals surface area contributed by atoms with E-state index in [1.807, 2.05) is 6.92 Å². The highest BCUT2D eigenvalue weighted by molar-refractivity contribution is 5.99. The van der Waals surface area contributed by atoms with Gasteiger partial charge in [0.15, 0.2) is 0 Å². The standard InChI is InChI=1S/C23H35NO3/c1-14(24-26)19-7-8-20-18-6-5-16-13-17(27-15(2)25)9-11-22(16,3)21(18)10-12-23(19,20)4/h7,16-18,20-21,26H,5-6,8-13H2,1-4H3/b24-14+/t16-,17+,18-,20-,21-,22-,23+/m0/s1. The average Bonchev–Trinajstić information content (AvgIpc) is 2.98. The van der Waals surface area contributed by atoms with Gasteiger partial charge in [0.25, 0.3) is 0 Å². The third-order valence-corrected chi connectivity index (χ3v) is 9.07. The number of rotatable bonds is 2. The zero-order chi connectivity index (χ0) is 19.4. The Morgan fingerprint density at radius 2 is 1.93 bits per heavy atom. The average molecular weight is 374 g/mol. The van der Waals surface area contributed by atoms with Gasteiger partial charge in [-0.2, -0.15) is 0 Å². The third kappa shape index (κ3) is 2.86. The molecule has 4 aliphatic carbocycles. The van der Waals surface area contributed by atoms with Crippen LogP contribution >= 0.6 is 0 Å². The minimum absolute atomic E-state index is 0.129. The van der Waals surface area contributed by atoms with E-state index in [0.717, 1.165) is 36.8 Å². The molecule has 7 atom stereocenters. The van der Waals surface area contributed by atoms with E-state index in [4.69, 9.17) is 4.74 Å². The summed E-state index contributed by atoms with van der Waals surface area (Å²) in [5.41, 5.74) is 2.67. The van der Waals surface area contributed by atoms with Gasteiger partial charge in [0.05, 0.1) is 5.71 Å². The minimum Gasteiger partial charge on any atom is -0.463 e. The first-order valence-electron chi connectivity index (χ1n) is 10.9. The SMILES string of the molecule is CC(=O)O[C@@H]1CC[C@@]2(C)[C@@H](CC[C@@H]3[C@@H]2CC[C@]2(C)C(/C(C)=N/O)=CC[C@@H]32)C1. The van der Waals surface area contributed by atoms with Crippen molar-refractivity contribution in [3.63, 3.8) is 0 Å². The Morgan fingerprint density at radius 3 is 2.63 bits per heavy atom. The zero-order valence-electron chi connectivity index (χ0n) is 17.3. The molecule has 3 fully saturated rings. The summed E-state index contributed by atoms with van der Waals surface area (Å²) in [4.78, 5) is 11.4. The van der Waals surface area contributed by atoms with Gasteiger partial charge in [-0.1, -0.05) is 25.1 Å². The van der Waals surface area contributed by atoms with Crippen molar-refractivity contribution < 1.29 is 14.7 Å². The normalized spacial score (nSPS) is 46.7. The van der Waals surface area contributed by atoms with Crippen LogP contribution in [0.15, 0.2) is 16.8 Å². The highest BCUT2D eigenvalue weighted by Crippen LogP contribution is 2.66. The Labute approximate surface area is 163 Å². The number of oxime groups is 1. The molecule has 0 spiro atoms. The lowest BCUT2D eigenvalue weighted by Gasteiger charge is -2.60. The van der Waals surface area contributed by atoms with Crippen LogP contribution in [0.1, 0.15) is 79.1 Å². The summed E-state index contributed by atoms with van der Waals surface area (Å²) >= 11 is 0. The van der Waals surface area contributed by atoms with E-state index in [1.54, 1.807) is 0 Å². The van der Waals surface area contributed by atoms with E-state index in [0.29, 0.717) is 17.3 Å². The maximum absolute atomic E-state index is 11.4. The molecule has 0 amide bonds. The topological polar surface area (TPSA) is 58.9 Å². The van der Waals surface area contributed by atoms with Crippen molar-refractivity contribution in [3.05, 3.63) is 11.6 Å². The largest absolute Gasteiger partial charge is 0.463 e. The summed E-state index contributed by atoms with van der Waals surface area (Å²) in [5, 5.41) is 12.9. The van der Waals surface area contributed by atoms with Crippen molar-refractivity contribution >= 4 is 11.7 Å². The van der Waals surface area contributed by atoms with Gasteiger partial charge in [-0.15, -0.1) is 0 Å². The van der Waals surface area contributed by atoms with Gasteiger partial charge in [-0.3, -0.25) is 4.79 Å². The van der Waals surface area contributed by atoms with Crippen molar-refractivity contribution in [3.8, 4) is 0 Å². The molecule has 0 aromatic rings. The number of hydrogen-bond donors (Lipinski definition) is 1. The van der Waals surface area contributed by atoms with Crippen molar-refractivity contribution in [1.29, 1.82) is 0 Å². The molecule has 0 heterocycles. The van der Waals surface area contributed by atoms with Gasteiger partial charge in [-0.05, 0) is 98.4 Å². The quantitative estimate of drug-likeness (QED) is 0.307. The second kappa shape index (κ2) is 6.63. The van der Waals surface area contributed by atoms with Crippen LogP contribution in [-0.4, -0.2) is 23.0 Å². The second-order valence-electron chi connectivity index (χ2n) is 10.2. The van der Waals surface area contributed by atoms with Crippen molar-refractivity contribution in [1.82, 2.24) is 0 Å². The van der Waals surface area contributed by atoms with Crippen LogP contribution in [0.3, 0.4) is 0 Å². The first-order valence-corrected chi connectivity index (χ1v) is 10.9. The highest BCUT2D eigenvalue weighted by atomic mass is 16.5. The highest BCUT2D eigenvalue weighted by Gasteiger charge is 2.59. The molecule has 0 radical (unpaired) electrons. The zero-order valence-corrected chi connectivity index (χ0v) is 17.3. The number of ether oxygens (including phenoxy) is 1. The van der Waals surface area contributed by atoms with E-state index in [-0.39, 0.29) is 17.5 Å². The molecule has 0 aliphatic heterocycles. The lowest BCUT2D eigenvalue weighted by Crippen LogP contribution is -2.54. The number of carbonyl (C=O) groups excluding carboxylic acids is 1. The fourth-order valence-electron chi connectivity index (χ4n) is 7.74. The van der Waals surface area contributed by atoms with Crippen LogP contribution in [0.25, 0.3) is 0 Å². The molecule has 0 aromatic heterocycles. The second-order valence-corrected chi connectivity index (χ2v) is 10.2. The number of fused-ring (bicyclic) bond motifs is 5. The number of nitrogens with zero attached hydrogens (tertiary/aromatic N) is 1.